The molecule has 1 aromatic carbocycles. The van der Waals surface area contributed by atoms with Crippen LogP contribution in [0.25, 0.3) is 0 Å². The zero-order valence-corrected chi connectivity index (χ0v) is 16.8. The molecule has 2 atom stereocenters. The Labute approximate surface area is 164 Å². The zero-order chi connectivity index (χ0) is 16.9. The molecule has 3 N–H and O–H groups in total. The van der Waals surface area contributed by atoms with Crippen molar-refractivity contribution in [3.8, 4) is 0 Å². The van der Waals surface area contributed by atoms with Crippen molar-refractivity contribution in [1.29, 1.82) is 0 Å². The fourth-order valence-corrected chi connectivity index (χ4v) is 2.68. The Morgan fingerprint density at radius 2 is 2.08 bits per heavy atom. The van der Waals surface area contributed by atoms with Crippen molar-refractivity contribution in [2.75, 3.05) is 11.9 Å². The van der Waals surface area contributed by atoms with Gasteiger partial charge in [-0.3, -0.25) is 4.99 Å². The van der Waals surface area contributed by atoms with Gasteiger partial charge in [-0.1, -0.05) is 24.2 Å². The van der Waals surface area contributed by atoms with E-state index in [4.69, 9.17) is 15.0 Å². The first-order chi connectivity index (χ1) is 11.6. The lowest BCUT2D eigenvalue weighted by molar-refractivity contribution is 0.0309. The first-order valence-electron chi connectivity index (χ1n) is 8.25. The topological polar surface area (TPSA) is 98.6 Å². The fraction of sp³-hybridized carbons (Fsp3) is 0.471. The lowest BCUT2D eigenvalue weighted by Crippen LogP contribution is -2.24. The van der Waals surface area contributed by atoms with Crippen LogP contribution in [-0.4, -0.2) is 28.7 Å². The van der Waals surface area contributed by atoms with E-state index < -0.39 is 0 Å². The highest BCUT2D eigenvalue weighted by Crippen LogP contribution is 2.31. The van der Waals surface area contributed by atoms with Crippen molar-refractivity contribution in [3.63, 3.8) is 0 Å². The van der Waals surface area contributed by atoms with Crippen LogP contribution in [0.4, 0.5) is 5.69 Å². The molecular formula is C17H24IN5O2. The van der Waals surface area contributed by atoms with Crippen molar-refractivity contribution < 1.29 is 9.26 Å². The third-order valence-corrected chi connectivity index (χ3v) is 4.03. The number of aromatic nitrogens is 2. The van der Waals surface area contributed by atoms with Crippen LogP contribution in [0.15, 0.2) is 33.8 Å². The van der Waals surface area contributed by atoms with Crippen molar-refractivity contribution in [3.05, 3.63) is 41.5 Å². The smallest absolute Gasteiger partial charge is 0.255 e. The molecule has 1 aliphatic heterocycles. The Bertz CT molecular complexity index is 701. The van der Waals surface area contributed by atoms with Crippen LogP contribution >= 0.6 is 24.0 Å². The Morgan fingerprint density at radius 1 is 1.32 bits per heavy atom. The Balaban J connectivity index is 0.00000225. The van der Waals surface area contributed by atoms with Gasteiger partial charge in [-0.15, -0.1) is 24.0 Å². The number of rotatable bonds is 5. The van der Waals surface area contributed by atoms with E-state index in [0.29, 0.717) is 24.2 Å². The molecule has 8 heteroatoms. The van der Waals surface area contributed by atoms with E-state index in [-0.39, 0.29) is 36.2 Å². The molecule has 0 bridgehead atoms. The van der Waals surface area contributed by atoms with Crippen LogP contribution in [0.1, 0.15) is 43.1 Å². The van der Waals surface area contributed by atoms with Crippen LogP contribution in [0.2, 0.25) is 0 Å². The second kappa shape index (κ2) is 9.14. The number of nitrogens with one attached hydrogen (secondary N) is 1. The number of aliphatic imine (C=N–C) groups is 1. The molecular weight excluding hydrogens is 433 g/mol. The summed E-state index contributed by atoms with van der Waals surface area (Å²) in [5.41, 5.74) is 8.17. The molecule has 0 unspecified atom stereocenters. The fourth-order valence-electron chi connectivity index (χ4n) is 2.68. The second-order valence-electron chi connectivity index (χ2n) is 5.91. The monoisotopic (exact) mass is 457 g/mol. The van der Waals surface area contributed by atoms with Gasteiger partial charge in [-0.25, -0.2) is 0 Å². The number of anilines is 1. The Morgan fingerprint density at radius 3 is 2.72 bits per heavy atom. The molecule has 1 aromatic heterocycles. The summed E-state index contributed by atoms with van der Waals surface area (Å²) in [5, 5.41) is 6.89. The maximum Gasteiger partial charge on any atom is 0.255 e. The maximum absolute atomic E-state index is 5.95. The largest absolute Gasteiger partial charge is 0.370 e. The minimum atomic E-state index is -0.137. The number of ether oxygens (including phenoxy) is 1. The third kappa shape index (κ3) is 5.40. The summed E-state index contributed by atoms with van der Waals surface area (Å²) in [6.07, 6.45) is 2.65. The van der Waals surface area contributed by atoms with Gasteiger partial charge >= 0.3 is 0 Å². The average Bonchev–Trinajstić information content (AvgIpc) is 3.22. The lowest BCUT2D eigenvalue weighted by atomic mass is 10.1. The number of benzene rings is 1. The lowest BCUT2D eigenvalue weighted by Gasteiger charge is -2.10. The number of aryl methyl sites for hydroxylation is 2. The van der Waals surface area contributed by atoms with E-state index in [2.05, 4.69) is 39.5 Å². The average molecular weight is 457 g/mol. The molecule has 25 heavy (non-hydrogen) atoms. The number of guanidine groups is 1. The maximum atomic E-state index is 5.95. The van der Waals surface area contributed by atoms with Gasteiger partial charge in [-0.2, -0.15) is 4.98 Å². The van der Waals surface area contributed by atoms with Gasteiger partial charge in [0.15, 0.2) is 11.8 Å². The number of hydrogen-bond donors (Lipinski definition) is 2. The number of nitrogens with two attached hydrogens (primary N) is 1. The van der Waals surface area contributed by atoms with Crippen LogP contribution < -0.4 is 11.1 Å². The molecule has 7 nitrogen and oxygen atoms in total. The van der Waals surface area contributed by atoms with Gasteiger partial charge in [0.05, 0.1) is 12.6 Å². The summed E-state index contributed by atoms with van der Waals surface area (Å²) >= 11 is 0. The summed E-state index contributed by atoms with van der Waals surface area (Å²) in [7, 11) is 0. The van der Waals surface area contributed by atoms with Crippen LogP contribution in [0, 0.1) is 6.92 Å². The minimum absolute atomic E-state index is 0. The van der Waals surface area contributed by atoms with Crippen molar-refractivity contribution in [2.45, 2.75) is 45.3 Å². The summed E-state index contributed by atoms with van der Waals surface area (Å²) < 4.78 is 11.1. The highest BCUT2D eigenvalue weighted by Gasteiger charge is 2.30. The Kier molecular flexibility index (Phi) is 7.18. The summed E-state index contributed by atoms with van der Waals surface area (Å²) in [6, 6.07) is 8.15. The van der Waals surface area contributed by atoms with Crippen molar-refractivity contribution >= 4 is 35.6 Å². The molecule has 0 aliphatic carbocycles. The highest BCUT2D eigenvalue weighted by molar-refractivity contribution is 14.0. The van der Waals surface area contributed by atoms with Crippen molar-refractivity contribution in [1.82, 2.24) is 10.1 Å². The molecule has 1 aliphatic rings. The van der Waals surface area contributed by atoms with Gasteiger partial charge in [0.2, 0.25) is 0 Å². The standard InChI is InChI=1S/C17H23N5O2.HI/c1-3-12-4-6-13(7-5-12)21-17(18)19-10-14-8-9-15(23-14)16-20-11(2)22-24-16;/h4-7,14-15H,3,8-10H2,1-2H3,(H3,18,19,21);1H/t14-,15+;/m1./s1. The van der Waals surface area contributed by atoms with E-state index in [1.807, 2.05) is 12.1 Å². The van der Waals surface area contributed by atoms with Gasteiger partial charge in [0.25, 0.3) is 5.89 Å². The summed E-state index contributed by atoms with van der Waals surface area (Å²) in [5.74, 6) is 1.55. The van der Waals surface area contributed by atoms with E-state index in [9.17, 15) is 0 Å². The molecule has 1 saturated heterocycles. The molecule has 0 spiro atoms. The number of hydrogen-bond acceptors (Lipinski definition) is 5. The third-order valence-electron chi connectivity index (χ3n) is 4.03. The van der Waals surface area contributed by atoms with Crippen LogP contribution in [0.3, 0.4) is 0 Å². The second-order valence-corrected chi connectivity index (χ2v) is 5.91. The zero-order valence-electron chi connectivity index (χ0n) is 14.4. The van der Waals surface area contributed by atoms with Gasteiger partial charge in [0.1, 0.15) is 6.10 Å². The van der Waals surface area contributed by atoms with E-state index >= 15 is 0 Å². The molecule has 1 fully saturated rings. The highest BCUT2D eigenvalue weighted by atomic mass is 127. The van der Waals surface area contributed by atoms with Crippen LogP contribution in [0.5, 0.6) is 0 Å². The van der Waals surface area contributed by atoms with E-state index in [0.717, 1.165) is 24.9 Å². The van der Waals surface area contributed by atoms with Gasteiger partial charge < -0.3 is 20.3 Å². The molecule has 0 radical (unpaired) electrons. The SMILES string of the molecule is CCc1ccc(NC(N)=NC[C@H]2CC[C@@H](c3nc(C)no3)O2)cc1.I. The van der Waals surface area contributed by atoms with Crippen molar-refractivity contribution in [2.24, 2.45) is 10.7 Å². The molecule has 2 heterocycles. The quantitative estimate of drug-likeness (QED) is 0.407. The number of nitrogens with zero attached hydrogens (tertiary/aromatic N) is 3. The normalized spacial score (nSPS) is 20.3. The van der Waals surface area contributed by atoms with Crippen LogP contribution in [-0.2, 0) is 11.2 Å². The Hall–Kier alpha value is -1.68. The van der Waals surface area contributed by atoms with E-state index in [1.165, 1.54) is 5.56 Å². The molecule has 2 aromatic rings. The minimum Gasteiger partial charge on any atom is -0.370 e. The molecule has 0 amide bonds. The van der Waals surface area contributed by atoms with E-state index in [1.54, 1.807) is 6.92 Å². The van der Waals surface area contributed by atoms with Gasteiger partial charge in [0, 0.05) is 5.69 Å². The molecule has 0 saturated carbocycles. The molecule has 136 valence electrons. The first-order valence-corrected chi connectivity index (χ1v) is 8.25. The summed E-state index contributed by atoms with van der Waals surface area (Å²) in [4.78, 5) is 8.59. The summed E-state index contributed by atoms with van der Waals surface area (Å²) in [6.45, 7) is 4.43. The molecule has 3 rings (SSSR count). The predicted octanol–water partition coefficient (Wildman–Crippen LogP) is 3.21. The predicted molar refractivity (Wildman–Crippen MR) is 107 cm³/mol. The number of halogens is 1. The van der Waals surface area contributed by atoms with Gasteiger partial charge in [-0.05, 0) is 43.9 Å². The first kappa shape index (κ1) is 19.6.